The van der Waals surface area contributed by atoms with Gasteiger partial charge in [0.1, 0.15) is 17.1 Å². The monoisotopic (exact) mass is 446 g/mol. The largest absolute Gasteiger partial charge is 0.467 e. The number of hydrogen-bond donors (Lipinski definition) is 1. The number of anilines is 1. The van der Waals surface area contributed by atoms with E-state index < -0.39 is 41.1 Å². The Hall–Kier alpha value is -3.63. The van der Waals surface area contributed by atoms with Crippen molar-refractivity contribution in [3.63, 3.8) is 0 Å². The first-order valence-electron chi connectivity index (χ1n) is 10.2. The molecule has 11 nitrogen and oxygen atoms in total. The molecule has 0 saturated carbocycles. The molecule has 3 heterocycles. The van der Waals surface area contributed by atoms with Crippen LogP contribution in [-0.4, -0.2) is 44.8 Å². The second kappa shape index (κ2) is 9.25. The van der Waals surface area contributed by atoms with Gasteiger partial charge >= 0.3 is 11.7 Å². The third-order valence-electron chi connectivity index (χ3n) is 5.23. The van der Waals surface area contributed by atoms with E-state index in [4.69, 9.17) is 14.9 Å². The molecule has 1 fully saturated rings. The van der Waals surface area contributed by atoms with Gasteiger partial charge in [0.05, 0.1) is 18.7 Å². The molecule has 0 bridgehead atoms. The SMILES string of the molecule is CC(C)Cn1c(N)c(C(=O)COC(=O)[C@H]2CC(=O)N(Cc3ccco3)C2)c(=O)n(C)c1=O. The Morgan fingerprint density at radius 2 is 2.00 bits per heavy atom. The van der Waals surface area contributed by atoms with E-state index in [2.05, 4.69) is 0 Å². The third-order valence-corrected chi connectivity index (χ3v) is 5.23. The quantitative estimate of drug-likeness (QED) is 0.445. The minimum absolute atomic E-state index is 0.0392. The molecule has 1 atom stereocenters. The summed E-state index contributed by atoms with van der Waals surface area (Å²) >= 11 is 0. The second-order valence-electron chi connectivity index (χ2n) is 8.20. The molecule has 3 rings (SSSR count). The lowest BCUT2D eigenvalue weighted by atomic mass is 10.1. The zero-order valence-corrected chi connectivity index (χ0v) is 18.2. The molecule has 2 N–H and O–H groups in total. The van der Waals surface area contributed by atoms with Crippen LogP contribution in [0.4, 0.5) is 5.82 Å². The average molecular weight is 446 g/mol. The third kappa shape index (κ3) is 4.66. The van der Waals surface area contributed by atoms with Crippen molar-refractivity contribution in [2.75, 3.05) is 18.9 Å². The number of nitrogens with two attached hydrogens (primary N) is 1. The molecule has 0 aromatic carbocycles. The van der Waals surface area contributed by atoms with Crippen molar-refractivity contribution in [3.8, 4) is 0 Å². The molecule has 0 unspecified atom stereocenters. The van der Waals surface area contributed by atoms with E-state index in [9.17, 15) is 24.0 Å². The number of ketones is 1. The van der Waals surface area contributed by atoms with Gasteiger partial charge in [-0.2, -0.15) is 0 Å². The summed E-state index contributed by atoms with van der Waals surface area (Å²) in [5, 5.41) is 0. The molecule has 2 aromatic heterocycles. The number of carbonyl (C=O) groups excluding carboxylic acids is 3. The van der Waals surface area contributed by atoms with Crippen LogP contribution in [0.2, 0.25) is 0 Å². The van der Waals surface area contributed by atoms with E-state index in [-0.39, 0.29) is 43.7 Å². The van der Waals surface area contributed by atoms with E-state index in [0.29, 0.717) is 5.76 Å². The maximum atomic E-state index is 12.7. The van der Waals surface area contributed by atoms with E-state index in [1.807, 2.05) is 13.8 Å². The Balaban J connectivity index is 1.69. The van der Waals surface area contributed by atoms with Gasteiger partial charge in [0.15, 0.2) is 6.61 Å². The van der Waals surface area contributed by atoms with Gasteiger partial charge in [-0.15, -0.1) is 0 Å². The molecule has 1 aliphatic rings. The molecule has 0 radical (unpaired) electrons. The number of rotatable bonds is 8. The first kappa shape index (κ1) is 23.0. The lowest BCUT2D eigenvalue weighted by Gasteiger charge is -2.16. The van der Waals surface area contributed by atoms with Crippen molar-refractivity contribution in [3.05, 3.63) is 50.6 Å². The van der Waals surface area contributed by atoms with E-state index in [0.717, 1.165) is 9.13 Å². The van der Waals surface area contributed by atoms with Crippen LogP contribution in [0.1, 0.15) is 36.4 Å². The van der Waals surface area contributed by atoms with Gasteiger partial charge in [-0.25, -0.2) is 4.79 Å². The van der Waals surface area contributed by atoms with Crippen LogP contribution in [0.15, 0.2) is 32.4 Å². The number of furan rings is 1. The number of ether oxygens (including phenoxy) is 1. The smallest absolute Gasteiger partial charge is 0.332 e. The zero-order chi connectivity index (χ0) is 23.6. The number of aromatic nitrogens is 2. The summed E-state index contributed by atoms with van der Waals surface area (Å²) in [6, 6.07) is 3.43. The number of nitrogen functional groups attached to an aromatic ring is 1. The molecule has 32 heavy (non-hydrogen) atoms. The molecule has 0 spiro atoms. The fourth-order valence-electron chi connectivity index (χ4n) is 3.59. The number of esters is 1. The summed E-state index contributed by atoms with van der Waals surface area (Å²) in [4.78, 5) is 63.6. The minimum atomic E-state index is -0.853. The van der Waals surface area contributed by atoms with Gasteiger partial charge in [0.25, 0.3) is 5.56 Å². The Kier molecular flexibility index (Phi) is 6.66. The molecule has 172 valence electrons. The Morgan fingerprint density at radius 3 is 2.62 bits per heavy atom. The minimum Gasteiger partial charge on any atom is -0.467 e. The van der Waals surface area contributed by atoms with Crippen LogP contribution in [0.25, 0.3) is 0 Å². The van der Waals surface area contributed by atoms with Crippen LogP contribution in [0.5, 0.6) is 0 Å². The van der Waals surface area contributed by atoms with Crippen molar-refractivity contribution in [1.82, 2.24) is 14.0 Å². The van der Waals surface area contributed by atoms with Gasteiger partial charge < -0.3 is 19.8 Å². The van der Waals surface area contributed by atoms with Crippen molar-refractivity contribution >= 4 is 23.5 Å². The molecule has 2 aromatic rings. The molecule has 11 heteroatoms. The van der Waals surface area contributed by atoms with E-state index in [1.54, 1.807) is 12.1 Å². The summed E-state index contributed by atoms with van der Waals surface area (Å²) in [5.41, 5.74) is 4.08. The zero-order valence-electron chi connectivity index (χ0n) is 18.2. The molecule has 1 amide bonds. The lowest BCUT2D eigenvalue weighted by molar-refractivity contribution is -0.147. The number of likely N-dealkylation sites (tertiary alicyclic amines) is 1. The topological polar surface area (TPSA) is 147 Å². The summed E-state index contributed by atoms with van der Waals surface area (Å²) < 4.78 is 12.3. The van der Waals surface area contributed by atoms with Gasteiger partial charge in [-0.3, -0.25) is 28.3 Å². The summed E-state index contributed by atoms with van der Waals surface area (Å²) in [5.74, 6) is -2.13. The second-order valence-corrected chi connectivity index (χ2v) is 8.20. The molecule has 0 aliphatic carbocycles. The predicted octanol–water partition coefficient (Wildman–Crippen LogP) is 0.153. The fraction of sp³-hybridized carbons (Fsp3) is 0.476. The maximum absolute atomic E-state index is 12.7. The Morgan fingerprint density at radius 1 is 1.28 bits per heavy atom. The van der Waals surface area contributed by atoms with Gasteiger partial charge in [0, 0.05) is 26.6 Å². The highest BCUT2D eigenvalue weighted by Crippen LogP contribution is 2.21. The average Bonchev–Trinajstić information content (AvgIpc) is 3.38. The van der Waals surface area contributed by atoms with Crippen LogP contribution in [0.3, 0.4) is 0 Å². The Bertz CT molecular complexity index is 1140. The van der Waals surface area contributed by atoms with Crippen molar-refractivity contribution in [2.24, 2.45) is 18.9 Å². The summed E-state index contributed by atoms with van der Waals surface area (Å²) in [6.07, 6.45) is 1.45. The van der Waals surface area contributed by atoms with Gasteiger partial charge in [-0.1, -0.05) is 13.8 Å². The number of nitrogens with zero attached hydrogens (tertiary/aromatic N) is 3. The highest BCUT2D eigenvalue weighted by atomic mass is 16.5. The number of carbonyl (C=O) groups is 3. The van der Waals surface area contributed by atoms with Crippen LogP contribution >= 0.6 is 0 Å². The van der Waals surface area contributed by atoms with Crippen molar-refractivity contribution < 1.29 is 23.5 Å². The van der Waals surface area contributed by atoms with Gasteiger partial charge in [-0.05, 0) is 18.1 Å². The highest BCUT2D eigenvalue weighted by molar-refractivity contribution is 6.01. The maximum Gasteiger partial charge on any atom is 0.332 e. The summed E-state index contributed by atoms with van der Waals surface area (Å²) in [6.45, 7) is 3.58. The van der Waals surface area contributed by atoms with Crippen LogP contribution in [-0.2, 0) is 34.5 Å². The van der Waals surface area contributed by atoms with Gasteiger partial charge in [0.2, 0.25) is 11.7 Å². The normalized spacial score (nSPS) is 16.1. The van der Waals surface area contributed by atoms with E-state index in [1.165, 1.54) is 18.2 Å². The molecule has 1 saturated heterocycles. The van der Waals surface area contributed by atoms with Crippen LogP contribution in [0, 0.1) is 11.8 Å². The molecule has 1 aliphatic heterocycles. The fourth-order valence-corrected chi connectivity index (χ4v) is 3.59. The molecular weight excluding hydrogens is 420 g/mol. The first-order chi connectivity index (χ1) is 15.1. The summed E-state index contributed by atoms with van der Waals surface area (Å²) in [7, 11) is 1.25. The van der Waals surface area contributed by atoms with Crippen molar-refractivity contribution in [2.45, 2.75) is 33.4 Å². The first-order valence-corrected chi connectivity index (χ1v) is 10.2. The predicted molar refractivity (Wildman–Crippen MR) is 113 cm³/mol. The standard InChI is InChI=1S/C21H26N4O7/c1-12(2)8-25-18(22)17(19(28)23(3)21(25)30)15(26)11-32-20(29)13-7-16(27)24(9-13)10-14-5-4-6-31-14/h4-6,12-13H,7-11,22H2,1-3H3/t13-/m0/s1. The number of amides is 1. The van der Waals surface area contributed by atoms with Crippen molar-refractivity contribution in [1.29, 1.82) is 0 Å². The lowest BCUT2D eigenvalue weighted by Crippen LogP contribution is -2.43. The van der Waals surface area contributed by atoms with Crippen LogP contribution < -0.4 is 17.0 Å². The molecular formula is C21H26N4O7. The van der Waals surface area contributed by atoms with E-state index >= 15 is 0 Å². The Labute approximate surface area is 183 Å². The number of hydrogen-bond acceptors (Lipinski definition) is 8. The highest BCUT2D eigenvalue weighted by Gasteiger charge is 2.36. The number of Topliss-reactive ketones (excluding diaryl/α,β-unsaturated/α-hetero) is 1.